The van der Waals surface area contributed by atoms with Gasteiger partial charge < -0.3 is 29.5 Å². The average Bonchev–Trinajstić information content (AvgIpc) is 3.64. The number of Topliss-reactive ketones (excluding diaryl/α,β-unsaturated/α-hetero) is 3. The van der Waals surface area contributed by atoms with Gasteiger partial charge in [0.2, 0.25) is 0 Å². The first kappa shape index (κ1) is 29.5. The highest BCUT2D eigenvalue weighted by atomic mass is 16.6. The van der Waals surface area contributed by atoms with Crippen molar-refractivity contribution in [1.29, 1.82) is 0 Å². The first-order valence-electron chi connectivity index (χ1n) is 11.8. The van der Waals surface area contributed by atoms with E-state index < -0.39 is 18.3 Å². The van der Waals surface area contributed by atoms with Gasteiger partial charge in [0, 0.05) is 19.3 Å². The van der Waals surface area contributed by atoms with Crippen LogP contribution in [0.4, 0.5) is 0 Å². The van der Waals surface area contributed by atoms with E-state index in [9.17, 15) is 19.5 Å². The van der Waals surface area contributed by atoms with E-state index in [1.54, 1.807) is 0 Å². The van der Waals surface area contributed by atoms with Gasteiger partial charge in [-0.25, -0.2) is 0 Å². The van der Waals surface area contributed by atoms with Crippen molar-refractivity contribution >= 4 is 17.3 Å². The standard InChI is InChI=1S/C10H16O3.2C7H12O3/c1-2-3-4-5-8(11)6-9(12)10-7-13-10;2*1-2-5(8)3-6(9)7-4-10-7/h3-4,8,10-11H,2,5-7H2,1H3;2*5,7-8H,2-4H2,1H3. The highest BCUT2D eigenvalue weighted by Gasteiger charge is 2.33. The summed E-state index contributed by atoms with van der Waals surface area (Å²) in [4.78, 5) is 32.9. The fraction of sp³-hybridized carbons (Fsp3) is 0.792. The van der Waals surface area contributed by atoms with Crippen molar-refractivity contribution in [2.24, 2.45) is 0 Å². The molecule has 3 aliphatic rings. The van der Waals surface area contributed by atoms with Crippen LogP contribution in [0.3, 0.4) is 0 Å². The molecule has 3 aliphatic heterocycles. The molecule has 9 heteroatoms. The lowest BCUT2D eigenvalue weighted by atomic mass is 10.1. The molecule has 190 valence electrons. The van der Waals surface area contributed by atoms with E-state index >= 15 is 0 Å². The summed E-state index contributed by atoms with van der Waals surface area (Å²) in [7, 11) is 0. The van der Waals surface area contributed by atoms with Gasteiger partial charge in [0.15, 0.2) is 17.3 Å². The molecule has 9 nitrogen and oxygen atoms in total. The number of aliphatic hydroxyl groups is 3. The Balaban J connectivity index is 0.000000251. The van der Waals surface area contributed by atoms with E-state index in [0.29, 0.717) is 39.1 Å². The summed E-state index contributed by atoms with van der Waals surface area (Å²) in [6.45, 7) is 7.38. The lowest BCUT2D eigenvalue weighted by Crippen LogP contribution is -2.16. The molecule has 0 bridgehead atoms. The number of epoxide rings is 3. The molecule has 0 aromatic heterocycles. The first-order chi connectivity index (χ1) is 15.7. The van der Waals surface area contributed by atoms with Crippen molar-refractivity contribution in [1.82, 2.24) is 0 Å². The summed E-state index contributed by atoms with van der Waals surface area (Å²) < 4.78 is 14.3. The van der Waals surface area contributed by atoms with Gasteiger partial charge in [0.25, 0.3) is 0 Å². The predicted molar refractivity (Wildman–Crippen MR) is 121 cm³/mol. The maximum Gasteiger partial charge on any atom is 0.166 e. The van der Waals surface area contributed by atoms with Crippen LogP contribution in [-0.2, 0) is 28.6 Å². The van der Waals surface area contributed by atoms with Crippen molar-refractivity contribution in [2.45, 2.75) is 102 Å². The van der Waals surface area contributed by atoms with E-state index in [0.717, 1.165) is 6.42 Å². The molecule has 3 fully saturated rings. The quantitative estimate of drug-likeness (QED) is 0.251. The Bertz CT molecular complexity index is 589. The van der Waals surface area contributed by atoms with Crippen molar-refractivity contribution in [2.75, 3.05) is 19.8 Å². The lowest BCUT2D eigenvalue weighted by Gasteiger charge is -2.04. The fourth-order valence-corrected chi connectivity index (χ4v) is 2.59. The van der Waals surface area contributed by atoms with Gasteiger partial charge in [0.1, 0.15) is 18.3 Å². The number of hydrogen-bond donors (Lipinski definition) is 3. The van der Waals surface area contributed by atoms with Gasteiger partial charge in [-0.15, -0.1) is 0 Å². The molecule has 3 N–H and O–H groups in total. The summed E-state index contributed by atoms with van der Waals surface area (Å²) in [5.74, 6) is 0.0982. The minimum Gasteiger partial charge on any atom is -0.393 e. The Morgan fingerprint density at radius 2 is 1.03 bits per heavy atom. The zero-order valence-corrected chi connectivity index (χ0v) is 20.0. The maximum absolute atomic E-state index is 11.1. The van der Waals surface area contributed by atoms with Crippen LogP contribution in [-0.4, -0.2) is 89.1 Å². The van der Waals surface area contributed by atoms with Gasteiger partial charge >= 0.3 is 0 Å². The van der Waals surface area contributed by atoms with E-state index in [-0.39, 0.29) is 54.9 Å². The molecule has 0 radical (unpaired) electrons. The summed E-state index contributed by atoms with van der Waals surface area (Å²) >= 11 is 0. The molecule has 3 rings (SSSR count). The average molecular weight is 473 g/mol. The van der Waals surface area contributed by atoms with E-state index in [2.05, 4.69) is 0 Å². The van der Waals surface area contributed by atoms with Crippen molar-refractivity contribution in [3.8, 4) is 0 Å². The summed E-state index contributed by atoms with van der Waals surface area (Å²) in [6, 6.07) is 0. The number of ketones is 3. The second-order valence-corrected chi connectivity index (χ2v) is 8.37. The monoisotopic (exact) mass is 472 g/mol. The van der Waals surface area contributed by atoms with Crippen LogP contribution in [0.5, 0.6) is 0 Å². The highest BCUT2D eigenvalue weighted by Crippen LogP contribution is 2.15. The fourth-order valence-electron chi connectivity index (χ4n) is 2.59. The van der Waals surface area contributed by atoms with Crippen LogP contribution in [0, 0.1) is 0 Å². The molecule has 0 aliphatic carbocycles. The molecule has 0 saturated carbocycles. The Morgan fingerprint density at radius 3 is 1.30 bits per heavy atom. The molecule has 6 unspecified atom stereocenters. The second-order valence-electron chi connectivity index (χ2n) is 8.37. The summed E-state index contributed by atoms with van der Waals surface area (Å²) in [6.07, 6.45) is 5.32. The molecular formula is C24H40O9. The SMILES string of the molecule is CCC(O)CC(=O)C1CO1.CCC(O)CC(=O)C1CO1.CCC=CCC(O)CC(=O)C1CO1. The zero-order valence-electron chi connectivity index (χ0n) is 20.0. The van der Waals surface area contributed by atoms with Gasteiger partial charge in [-0.05, 0) is 25.7 Å². The van der Waals surface area contributed by atoms with Crippen LogP contribution >= 0.6 is 0 Å². The molecule has 0 amide bonds. The minimum atomic E-state index is -0.542. The van der Waals surface area contributed by atoms with Crippen LogP contribution in [0.15, 0.2) is 12.2 Å². The number of carbonyl (C=O) groups is 3. The van der Waals surface area contributed by atoms with Crippen LogP contribution in [0.2, 0.25) is 0 Å². The number of allylic oxidation sites excluding steroid dienone is 1. The number of hydrogen-bond acceptors (Lipinski definition) is 9. The Hall–Kier alpha value is -1.49. The molecule has 0 aromatic carbocycles. The van der Waals surface area contributed by atoms with Gasteiger partial charge in [-0.3, -0.25) is 14.4 Å². The third kappa shape index (κ3) is 15.1. The topological polar surface area (TPSA) is 149 Å². The first-order valence-corrected chi connectivity index (χ1v) is 11.8. The third-order valence-corrected chi connectivity index (χ3v) is 5.14. The number of ether oxygens (including phenoxy) is 3. The number of aliphatic hydroxyl groups excluding tert-OH is 3. The van der Waals surface area contributed by atoms with Gasteiger partial charge in [0.05, 0.1) is 38.1 Å². The molecule has 33 heavy (non-hydrogen) atoms. The Labute approximate surface area is 196 Å². The summed E-state index contributed by atoms with van der Waals surface area (Å²) in [5.41, 5.74) is 0. The van der Waals surface area contributed by atoms with Crippen LogP contribution in [0.25, 0.3) is 0 Å². The highest BCUT2D eigenvalue weighted by molar-refractivity contribution is 5.86. The van der Waals surface area contributed by atoms with Gasteiger partial charge in [-0.1, -0.05) is 32.9 Å². The van der Waals surface area contributed by atoms with Gasteiger partial charge in [-0.2, -0.15) is 0 Å². The van der Waals surface area contributed by atoms with E-state index in [4.69, 9.17) is 24.4 Å². The normalized spacial score (nSPS) is 25.0. The van der Waals surface area contributed by atoms with E-state index in [1.165, 1.54) is 0 Å². The number of rotatable bonds is 14. The Morgan fingerprint density at radius 1 is 0.697 bits per heavy atom. The molecular weight excluding hydrogens is 432 g/mol. The van der Waals surface area contributed by atoms with Crippen LogP contribution < -0.4 is 0 Å². The second kappa shape index (κ2) is 16.2. The van der Waals surface area contributed by atoms with Crippen molar-refractivity contribution < 1.29 is 43.9 Å². The zero-order chi connectivity index (χ0) is 24.8. The minimum absolute atomic E-state index is 0.0254. The number of carbonyl (C=O) groups excluding carboxylic acids is 3. The van der Waals surface area contributed by atoms with Crippen molar-refractivity contribution in [3.05, 3.63) is 12.2 Å². The van der Waals surface area contributed by atoms with Crippen LogP contribution in [0.1, 0.15) is 65.7 Å². The maximum atomic E-state index is 11.1. The smallest absolute Gasteiger partial charge is 0.166 e. The molecule has 0 aromatic rings. The lowest BCUT2D eigenvalue weighted by molar-refractivity contribution is -0.123. The molecule has 3 heterocycles. The van der Waals surface area contributed by atoms with Crippen molar-refractivity contribution in [3.63, 3.8) is 0 Å². The summed E-state index contributed by atoms with van der Waals surface area (Å²) in [5, 5.41) is 27.5. The van der Waals surface area contributed by atoms with E-state index in [1.807, 2.05) is 32.9 Å². The third-order valence-electron chi connectivity index (χ3n) is 5.14. The molecule has 3 saturated heterocycles. The predicted octanol–water partition coefficient (Wildman–Crippen LogP) is 1.29. The largest absolute Gasteiger partial charge is 0.393 e. The molecule has 0 spiro atoms. The Kier molecular flexibility index (Phi) is 14.5. The molecule has 6 atom stereocenters.